The summed E-state index contributed by atoms with van der Waals surface area (Å²) in [6, 6.07) is 7.98. The van der Waals surface area contributed by atoms with Gasteiger partial charge in [-0.25, -0.2) is 13.9 Å². The average molecular weight is 326 g/mol. The van der Waals surface area contributed by atoms with Crippen molar-refractivity contribution >= 4 is 22.5 Å². The van der Waals surface area contributed by atoms with Crippen molar-refractivity contribution in [2.75, 3.05) is 13.1 Å². The first kappa shape index (κ1) is 16.2. The highest BCUT2D eigenvalue weighted by atomic mass is 16.2. The third-order valence-electron chi connectivity index (χ3n) is 4.39. The molecule has 0 spiro atoms. The molecule has 6 heteroatoms. The Morgan fingerprint density at radius 1 is 1.17 bits per heavy atom. The van der Waals surface area contributed by atoms with Crippen molar-refractivity contribution < 1.29 is 4.79 Å². The number of likely N-dealkylation sites (N-methyl/N-ethyl adjacent to an activating group) is 1. The van der Waals surface area contributed by atoms with E-state index in [9.17, 15) is 9.59 Å². The Labute approximate surface area is 140 Å². The summed E-state index contributed by atoms with van der Waals surface area (Å²) >= 11 is 0. The monoisotopic (exact) mass is 326 g/mol. The SMILES string of the molecule is CCN(CC)C(=O)Cn1nc2c(C)cc3cc(C)ccc3n2c1=O. The number of aromatic nitrogens is 3. The van der Waals surface area contributed by atoms with Crippen LogP contribution in [0.25, 0.3) is 16.6 Å². The van der Waals surface area contributed by atoms with Gasteiger partial charge in [0.2, 0.25) is 5.91 Å². The van der Waals surface area contributed by atoms with E-state index in [1.165, 1.54) is 4.68 Å². The molecule has 126 valence electrons. The van der Waals surface area contributed by atoms with Gasteiger partial charge in [-0.05, 0) is 56.8 Å². The maximum absolute atomic E-state index is 12.8. The number of fused-ring (bicyclic) bond motifs is 3. The van der Waals surface area contributed by atoms with Crippen molar-refractivity contribution in [2.24, 2.45) is 0 Å². The molecule has 0 N–H and O–H groups in total. The third kappa shape index (κ3) is 2.58. The summed E-state index contributed by atoms with van der Waals surface area (Å²) in [6.45, 7) is 9.02. The largest absolute Gasteiger partial charge is 0.351 e. The predicted octanol–water partition coefficient (Wildman–Crippen LogP) is 2.13. The molecule has 0 radical (unpaired) electrons. The van der Waals surface area contributed by atoms with Crippen LogP contribution in [-0.4, -0.2) is 38.1 Å². The lowest BCUT2D eigenvalue weighted by molar-refractivity contribution is -0.131. The first-order valence-electron chi connectivity index (χ1n) is 8.23. The fourth-order valence-electron chi connectivity index (χ4n) is 3.08. The van der Waals surface area contributed by atoms with E-state index in [2.05, 4.69) is 5.10 Å². The number of carbonyl (C=O) groups is 1. The van der Waals surface area contributed by atoms with Gasteiger partial charge in [0.15, 0.2) is 5.65 Å². The second-order valence-electron chi connectivity index (χ2n) is 6.05. The molecule has 0 aliphatic carbocycles. The van der Waals surface area contributed by atoms with E-state index >= 15 is 0 Å². The number of rotatable bonds is 4. The lowest BCUT2D eigenvalue weighted by atomic mass is 10.1. The Kier molecular flexibility index (Phi) is 4.13. The van der Waals surface area contributed by atoms with Gasteiger partial charge in [-0.3, -0.25) is 4.79 Å². The van der Waals surface area contributed by atoms with E-state index in [1.807, 2.05) is 52.0 Å². The third-order valence-corrected chi connectivity index (χ3v) is 4.39. The van der Waals surface area contributed by atoms with Crippen LogP contribution in [0.2, 0.25) is 0 Å². The highest BCUT2D eigenvalue weighted by Crippen LogP contribution is 2.19. The van der Waals surface area contributed by atoms with Gasteiger partial charge in [-0.15, -0.1) is 5.10 Å². The summed E-state index contributed by atoms with van der Waals surface area (Å²) < 4.78 is 2.86. The van der Waals surface area contributed by atoms with Gasteiger partial charge >= 0.3 is 5.69 Å². The molecule has 6 nitrogen and oxygen atoms in total. The minimum Gasteiger partial charge on any atom is -0.342 e. The van der Waals surface area contributed by atoms with Gasteiger partial charge < -0.3 is 4.90 Å². The number of carbonyl (C=O) groups excluding carboxylic acids is 1. The Morgan fingerprint density at radius 2 is 1.88 bits per heavy atom. The van der Waals surface area contributed by atoms with Crippen molar-refractivity contribution in [3.63, 3.8) is 0 Å². The zero-order chi connectivity index (χ0) is 17.4. The molecule has 2 aromatic heterocycles. The van der Waals surface area contributed by atoms with Gasteiger partial charge in [-0.2, -0.15) is 0 Å². The summed E-state index contributed by atoms with van der Waals surface area (Å²) in [7, 11) is 0. The molecule has 0 atom stereocenters. The Balaban J connectivity index is 2.17. The quantitative estimate of drug-likeness (QED) is 0.738. The molecule has 0 saturated carbocycles. The van der Waals surface area contributed by atoms with Crippen LogP contribution >= 0.6 is 0 Å². The molecule has 3 rings (SSSR count). The van der Waals surface area contributed by atoms with Crippen LogP contribution in [0, 0.1) is 13.8 Å². The van der Waals surface area contributed by atoms with Crippen LogP contribution in [0.5, 0.6) is 0 Å². The summed E-state index contributed by atoms with van der Waals surface area (Å²) in [6.07, 6.45) is 0. The van der Waals surface area contributed by atoms with Crippen molar-refractivity contribution in [2.45, 2.75) is 34.2 Å². The number of benzene rings is 1. The van der Waals surface area contributed by atoms with E-state index in [0.29, 0.717) is 18.7 Å². The molecule has 0 aliphatic heterocycles. The van der Waals surface area contributed by atoms with Crippen LogP contribution < -0.4 is 5.69 Å². The van der Waals surface area contributed by atoms with E-state index < -0.39 is 0 Å². The number of amides is 1. The first-order valence-corrected chi connectivity index (χ1v) is 8.23. The molecule has 0 aliphatic rings. The van der Waals surface area contributed by atoms with E-state index in [0.717, 1.165) is 22.0 Å². The maximum Gasteiger partial charge on any atom is 0.351 e. The molecular weight excluding hydrogens is 304 g/mol. The summed E-state index contributed by atoms with van der Waals surface area (Å²) in [5, 5.41) is 5.39. The number of pyridine rings is 1. The number of hydrogen-bond acceptors (Lipinski definition) is 3. The van der Waals surface area contributed by atoms with Crippen LogP contribution in [0.1, 0.15) is 25.0 Å². The first-order chi connectivity index (χ1) is 11.5. The zero-order valence-electron chi connectivity index (χ0n) is 14.5. The fourth-order valence-corrected chi connectivity index (χ4v) is 3.08. The minimum atomic E-state index is -0.275. The molecule has 0 fully saturated rings. The molecule has 1 amide bonds. The van der Waals surface area contributed by atoms with Crippen molar-refractivity contribution in [1.29, 1.82) is 0 Å². The van der Waals surface area contributed by atoms with Gasteiger partial charge in [0.1, 0.15) is 6.54 Å². The zero-order valence-corrected chi connectivity index (χ0v) is 14.5. The van der Waals surface area contributed by atoms with Gasteiger partial charge in [-0.1, -0.05) is 11.6 Å². The highest BCUT2D eigenvalue weighted by molar-refractivity contribution is 5.84. The van der Waals surface area contributed by atoms with Gasteiger partial charge in [0.05, 0.1) is 5.52 Å². The van der Waals surface area contributed by atoms with Gasteiger partial charge in [0.25, 0.3) is 0 Å². The predicted molar refractivity (Wildman–Crippen MR) is 94.4 cm³/mol. The Bertz CT molecular complexity index is 980. The topological polar surface area (TPSA) is 59.6 Å². The molecule has 3 aromatic rings. The normalized spacial score (nSPS) is 11.3. The minimum absolute atomic E-state index is 0.0327. The molecule has 1 aromatic carbocycles. The number of hydrogen-bond donors (Lipinski definition) is 0. The molecule has 2 heterocycles. The van der Waals surface area contributed by atoms with E-state index in [4.69, 9.17) is 0 Å². The molecular formula is C18H22N4O2. The number of aryl methyl sites for hydroxylation is 2. The van der Waals surface area contributed by atoms with E-state index in [-0.39, 0.29) is 18.1 Å². The number of nitrogens with zero attached hydrogens (tertiary/aromatic N) is 4. The highest BCUT2D eigenvalue weighted by Gasteiger charge is 2.17. The lowest BCUT2D eigenvalue weighted by Crippen LogP contribution is -2.36. The van der Waals surface area contributed by atoms with Crippen LogP contribution in [-0.2, 0) is 11.3 Å². The second-order valence-corrected chi connectivity index (χ2v) is 6.05. The van der Waals surface area contributed by atoms with Crippen LogP contribution in [0.15, 0.2) is 29.1 Å². The lowest BCUT2D eigenvalue weighted by Gasteiger charge is -2.17. The van der Waals surface area contributed by atoms with Crippen LogP contribution in [0.4, 0.5) is 0 Å². The molecule has 0 saturated heterocycles. The molecule has 24 heavy (non-hydrogen) atoms. The van der Waals surface area contributed by atoms with Crippen LogP contribution in [0.3, 0.4) is 0 Å². The van der Waals surface area contributed by atoms with Crippen molar-refractivity contribution in [3.05, 3.63) is 45.9 Å². The maximum atomic E-state index is 12.8. The van der Waals surface area contributed by atoms with Gasteiger partial charge in [0, 0.05) is 13.1 Å². The Morgan fingerprint density at radius 3 is 2.54 bits per heavy atom. The summed E-state index contributed by atoms with van der Waals surface area (Å²) in [5.74, 6) is -0.0942. The summed E-state index contributed by atoms with van der Waals surface area (Å²) in [5.41, 5.74) is 3.19. The fraction of sp³-hybridized carbons (Fsp3) is 0.389. The second kappa shape index (κ2) is 6.11. The average Bonchev–Trinajstić information content (AvgIpc) is 2.86. The molecule has 0 unspecified atom stereocenters. The smallest absolute Gasteiger partial charge is 0.342 e. The Hall–Kier alpha value is -2.63. The van der Waals surface area contributed by atoms with E-state index in [1.54, 1.807) is 9.30 Å². The molecule has 0 bridgehead atoms. The standard InChI is InChI=1S/C18H22N4O2/c1-5-20(6-2)16(23)11-21-18(24)22-15-8-7-12(3)9-14(15)10-13(4)17(22)19-21/h7-10H,5-6,11H2,1-4H3. The van der Waals surface area contributed by atoms with Crippen molar-refractivity contribution in [3.8, 4) is 0 Å². The summed E-state index contributed by atoms with van der Waals surface area (Å²) in [4.78, 5) is 26.8. The van der Waals surface area contributed by atoms with Crippen molar-refractivity contribution in [1.82, 2.24) is 19.1 Å².